The van der Waals surface area contributed by atoms with Crippen molar-refractivity contribution in [2.75, 3.05) is 5.73 Å². The summed E-state index contributed by atoms with van der Waals surface area (Å²) in [5, 5.41) is 8.96. The minimum absolute atomic E-state index is 0.0301. The third-order valence-electron chi connectivity index (χ3n) is 1.03. The molecule has 0 saturated heterocycles. The Bertz CT molecular complexity index is 203. The Morgan fingerprint density at radius 3 is 2.67 bits per heavy atom. The maximum atomic E-state index is 8.96. The van der Waals surface area contributed by atoms with Crippen molar-refractivity contribution in [1.29, 1.82) is 0 Å². The van der Waals surface area contributed by atoms with Crippen LogP contribution in [0.4, 0.5) is 5.82 Å². The predicted octanol–water partition coefficient (Wildman–Crippen LogP) is 0.0728. The monoisotopic (exact) mass is 125 g/mol. The lowest BCUT2D eigenvalue weighted by atomic mass is 10.4. The zero-order chi connectivity index (χ0) is 6.85. The maximum absolute atomic E-state index is 8.96. The molecular weight excluding hydrogens is 118 g/mol. The number of hydrogen-bond donors (Lipinski definition) is 2. The van der Waals surface area contributed by atoms with Crippen molar-refractivity contribution in [2.45, 2.75) is 6.92 Å². The van der Waals surface area contributed by atoms with E-state index >= 15 is 0 Å². The molecule has 0 aromatic carbocycles. The van der Waals surface area contributed by atoms with Crippen molar-refractivity contribution in [2.24, 2.45) is 0 Å². The van der Waals surface area contributed by atoms with Crippen LogP contribution in [0.2, 0.25) is 0 Å². The van der Waals surface area contributed by atoms with Crippen LogP contribution < -0.4 is 5.73 Å². The van der Waals surface area contributed by atoms with Crippen LogP contribution in [-0.4, -0.2) is 15.1 Å². The Morgan fingerprint density at radius 1 is 1.56 bits per heavy atom. The molecule has 4 heteroatoms. The number of aryl methyl sites for hydroxylation is 1. The number of hydrogen-bond acceptors (Lipinski definition) is 4. The largest absolute Gasteiger partial charge is 0.503 e. The summed E-state index contributed by atoms with van der Waals surface area (Å²) >= 11 is 0. The summed E-state index contributed by atoms with van der Waals surface area (Å²) in [4.78, 5) is 7.25. The van der Waals surface area contributed by atoms with Crippen LogP contribution in [0, 0.1) is 6.92 Å². The molecule has 1 heterocycles. The fourth-order valence-corrected chi connectivity index (χ4v) is 0.485. The van der Waals surface area contributed by atoms with E-state index in [1.165, 1.54) is 6.33 Å². The quantitative estimate of drug-likeness (QED) is 0.514. The number of nitrogens with zero attached hydrogens (tertiary/aromatic N) is 2. The molecule has 1 aromatic heterocycles. The van der Waals surface area contributed by atoms with Crippen molar-refractivity contribution in [1.82, 2.24) is 9.97 Å². The molecule has 0 unspecified atom stereocenters. The van der Waals surface area contributed by atoms with Crippen LogP contribution in [0.1, 0.15) is 5.69 Å². The van der Waals surface area contributed by atoms with E-state index in [1.54, 1.807) is 6.92 Å². The second-order valence-electron chi connectivity index (χ2n) is 1.69. The molecule has 4 nitrogen and oxygen atoms in total. The van der Waals surface area contributed by atoms with E-state index in [1.807, 2.05) is 0 Å². The van der Waals surface area contributed by atoms with Crippen LogP contribution in [-0.2, 0) is 0 Å². The number of nitrogen functional groups attached to an aromatic ring is 1. The number of aromatic hydroxyl groups is 1. The molecule has 0 aliphatic heterocycles. The second kappa shape index (κ2) is 1.89. The van der Waals surface area contributed by atoms with Gasteiger partial charge in [0.15, 0.2) is 11.6 Å². The third-order valence-corrected chi connectivity index (χ3v) is 1.03. The van der Waals surface area contributed by atoms with Crippen molar-refractivity contribution in [3.8, 4) is 5.75 Å². The number of aromatic nitrogens is 2. The second-order valence-corrected chi connectivity index (χ2v) is 1.69. The average Bonchev–Trinajstić information content (AvgIpc) is 1.83. The van der Waals surface area contributed by atoms with Gasteiger partial charge in [-0.2, -0.15) is 0 Å². The summed E-state index contributed by atoms with van der Waals surface area (Å²) in [6.45, 7) is 1.66. The Kier molecular flexibility index (Phi) is 1.22. The van der Waals surface area contributed by atoms with Gasteiger partial charge in [0.2, 0.25) is 0 Å². The molecule has 1 rings (SSSR count). The first-order valence-corrected chi connectivity index (χ1v) is 2.48. The summed E-state index contributed by atoms with van der Waals surface area (Å²) in [6.07, 6.45) is 1.31. The molecule has 0 spiro atoms. The standard InChI is InChI=1S/C5H7N3O/c1-3-4(9)5(6)8-2-7-3/h2,9H,1H3,(H2,6,7,8). The van der Waals surface area contributed by atoms with Gasteiger partial charge >= 0.3 is 0 Å². The van der Waals surface area contributed by atoms with Gasteiger partial charge < -0.3 is 10.8 Å². The predicted molar refractivity (Wildman–Crippen MR) is 32.8 cm³/mol. The highest BCUT2D eigenvalue weighted by Gasteiger charge is 1.99. The van der Waals surface area contributed by atoms with Gasteiger partial charge in [-0.25, -0.2) is 9.97 Å². The Hall–Kier alpha value is -1.32. The van der Waals surface area contributed by atoms with Gasteiger partial charge in [-0.05, 0) is 6.92 Å². The molecule has 3 N–H and O–H groups in total. The van der Waals surface area contributed by atoms with Crippen LogP contribution in [0.15, 0.2) is 6.33 Å². The SMILES string of the molecule is Cc1ncnc(N)c1O. The highest BCUT2D eigenvalue weighted by atomic mass is 16.3. The Labute approximate surface area is 52.4 Å². The molecule has 0 aliphatic rings. The lowest BCUT2D eigenvalue weighted by Gasteiger charge is -1.96. The molecule has 0 atom stereocenters. The lowest BCUT2D eigenvalue weighted by molar-refractivity contribution is 0.467. The molecule has 0 fully saturated rings. The topological polar surface area (TPSA) is 72.0 Å². The molecule has 0 bridgehead atoms. The summed E-state index contributed by atoms with van der Waals surface area (Å²) in [5.74, 6) is 0.0972. The molecule has 0 radical (unpaired) electrons. The first-order chi connectivity index (χ1) is 4.22. The van der Waals surface area contributed by atoms with E-state index in [-0.39, 0.29) is 11.6 Å². The summed E-state index contributed by atoms with van der Waals surface area (Å²) in [5.41, 5.74) is 5.72. The molecule has 48 valence electrons. The lowest BCUT2D eigenvalue weighted by Crippen LogP contribution is -1.93. The van der Waals surface area contributed by atoms with Crippen LogP contribution in [0.5, 0.6) is 5.75 Å². The van der Waals surface area contributed by atoms with Gasteiger partial charge in [0.25, 0.3) is 0 Å². The van der Waals surface area contributed by atoms with Crippen molar-refractivity contribution in [3.63, 3.8) is 0 Å². The highest BCUT2D eigenvalue weighted by molar-refractivity contribution is 5.45. The summed E-state index contributed by atoms with van der Waals surface area (Å²) < 4.78 is 0. The first-order valence-electron chi connectivity index (χ1n) is 2.48. The molecule has 9 heavy (non-hydrogen) atoms. The normalized spacial score (nSPS) is 9.44. The summed E-state index contributed by atoms with van der Waals surface area (Å²) in [7, 11) is 0. The van der Waals surface area contributed by atoms with Crippen LogP contribution in [0.25, 0.3) is 0 Å². The molecule has 0 amide bonds. The third kappa shape index (κ3) is 0.910. The van der Waals surface area contributed by atoms with Crippen LogP contribution in [0.3, 0.4) is 0 Å². The minimum Gasteiger partial charge on any atom is -0.503 e. The molecule has 1 aromatic rings. The number of rotatable bonds is 0. The van der Waals surface area contributed by atoms with Gasteiger partial charge in [0.1, 0.15) is 6.33 Å². The summed E-state index contributed by atoms with van der Waals surface area (Å²) in [6, 6.07) is 0. The van der Waals surface area contributed by atoms with Gasteiger partial charge in [0.05, 0.1) is 5.69 Å². The Morgan fingerprint density at radius 2 is 2.22 bits per heavy atom. The van der Waals surface area contributed by atoms with E-state index in [0.29, 0.717) is 5.69 Å². The Balaban J connectivity index is 3.25. The maximum Gasteiger partial charge on any atom is 0.179 e. The van der Waals surface area contributed by atoms with Gasteiger partial charge in [-0.3, -0.25) is 0 Å². The molecule has 0 saturated carbocycles. The first kappa shape index (κ1) is 5.81. The fourth-order valence-electron chi connectivity index (χ4n) is 0.485. The molecule has 0 aliphatic carbocycles. The van der Waals surface area contributed by atoms with Gasteiger partial charge in [-0.1, -0.05) is 0 Å². The fraction of sp³-hybridized carbons (Fsp3) is 0.200. The zero-order valence-electron chi connectivity index (χ0n) is 5.00. The van der Waals surface area contributed by atoms with Gasteiger partial charge in [-0.15, -0.1) is 0 Å². The van der Waals surface area contributed by atoms with E-state index < -0.39 is 0 Å². The zero-order valence-corrected chi connectivity index (χ0v) is 5.00. The van der Waals surface area contributed by atoms with Crippen molar-refractivity contribution >= 4 is 5.82 Å². The van der Waals surface area contributed by atoms with E-state index in [0.717, 1.165) is 0 Å². The van der Waals surface area contributed by atoms with Gasteiger partial charge in [0, 0.05) is 0 Å². The van der Waals surface area contributed by atoms with E-state index in [2.05, 4.69) is 9.97 Å². The average molecular weight is 125 g/mol. The highest BCUT2D eigenvalue weighted by Crippen LogP contribution is 2.17. The van der Waals surface area contributed by atoms with Crippen molar-refractivity contribution < 1.29 is 5.11 Å². The van der Waals surface area contributed by atoms with E-state index in [4.69, 9.17) is 10.8 Å². The van der Waals surface area contributed by atoms with Crippen LogP contribution >= 0.6 is 0 Å². The van der Waals surface area contributed by atoms with E-state index in [9.17, 15) is 0 Å². The van der Waals surface area contributed by atoms with Crippen molar-refractivity contribution in [3.05, 3.63) is 12.0 Å². The minimum atomic E-state index is -0.0301. The number of nitrogens with two attached hydrogens (primary N) is 1. The molecular formula is C5H7N3O. The smallest absolute Gasteiger partial charge is 0.179 e. The number of anilines is 1.